The fourth-order valence-electron chi connectivity index (χ4n) is 3.03. The topological polar surface area (TPSA) is 68.6 Å². The van der Waals surface area contributed by atoms with Gasteiger partial charge in [-0.05, 0) is 25.7 Å². The summed E-state index contributed by atoms with van der Waals surface area (Å²) in [7, 11) is 7.18. The summed E-state index contributed by atoms with van der Waals surface area (Å²) in [5.74, 6) is 1.08. The monoisotopic (exact) mass is 368 g/mol. The number of imidazole rings is 1. The molecule has 3 aromatic rings. The minimum Gasteiger partial charge on any atom is -0.497 e. The zero-order valence-electron chi connectivity index (χ0n) is 16.0. The van der Waals surface area contributed by atoms with E-state index in [0.29, 0.717) is 17.2 Å². The molecule has 0 aliphatic carbocycles. The quantitative estimate of drug-likeness (QED) is 0.694. The van der Waals surface area contributed by atoms with Crippen LogP contribution in [-0.2, 0) is 17.9 Å². The Bertz CT molecular complexity index is 927. The van der Waals surface area contributed by atoms with Crippen LogP contribution in [0.1, 0.15) is 5.56 Å². The number of aromatic nitrogens is 2. The smallest absolute Gasteiger partial charge is 0.244 e. The molecular formula is C20H24N4O3. The van der Waals surface area contributed by atoms with Crippen LogP contribution in [0, 0.1) is 0 Å². The first-order valence-electron chi connectivity index (χ1n) is 8.60. The lowest BCUT2D eigenvalue weighted by Gasteiger charge is -2.13. The van der Waals surface area contributed by atoms with Crippen molar-refractivity contribution in [3.05, 3.63) is 48.3 Å². The summed E-state index contributed by atoms with van der Waals surface area (Å²) in [5.41, 5.74) is 3.61. The normalized spacial score (nSPS) is 11.0. The van der Waals surface area contributed by atoms with Crippen molar-refractivity contribution in [2.45, 2.75) is 13.1 Å². The average molecular weight is 368 g/mol. The fourth-order valence-corrected chi connectivity index (χ4v) is 3.03. The van der Waals surface area contributed by atoms with E-state index in [1.165, 1.54) is 0 Å². The van der Waals surface area contributed by atoms with Gasteiger partial charge in [-0.25, -0.2) is 4.98 Å². The number of nitrogens with one attached hydrogen (secondary N) is 1. The van der Waals surface area contributed by atoms with Crippen molar-refractivity contribution in [2.75, 3.05) is 33.6 Å². The summed E-state index contributed by atoms with van der Waals surface area (Å²) < 4.78 is 12.4. The van der Waals surface area contributed by atoms with Crippen LogP contribution in [0.3, 0.4) is 0 Å². The van der Waals surface area contributed by atoms with Gasteiger partial charge in [0.15, 0.2) is 0 Å². The van der Waals surface area contributed by atoms with Gasteiger partial charge in [-0.1, -0.05) is 12.1 Å². The molecule has 0 aliphatic heterocycles. The lowest BCUT2D eigenvalue weighted by molar-refractivity contribution is -0.116. The highest BCUT2D eigenvalue weighted by molar-refractivity contribution is 5.92. The van der Waals surface area contributed by atoms with Crippen molar-refractivity contribution in [1.82, 2.24) is 14.5 Å². The van der Waals surface area contributed by atoms with Crippen LogP contribution < -0.4 is 14.8 Å². The van der Waals surface area contributed by atoms with E-state index in [-0.39, 0.29) is 12.5 Å². The minimum absolute atomic E-state index is 0.149. The van der Waals surface area contributed by atoms with Crippen LogP contribution >= 0.6 is 0 Å². The molecule has 0 bridgehead atoms. The molecule has 0 atom stereocenters. The van der Waals surface area contributed by atoms with Gasteiger partial charge < -0.3 is 24.3 Å². The standard InChI is InChI=1S/C20H24N4O3/c1-23(2)11-14-6-5-7-18-20(14)24(13-21-18)12-19(25)22-15-8-16(26-3)10-17(9-15)27-4/h5-10,13H,11-12H2,1-4H3,(H,22,25). The lowest BCUT2D eigenvalue weighted by atomic mass is 10.1. The molecule has 0 unspecified atom stereocenters. The number of hydrogen-bond acceptors (Lipinski definition) is 5. The predicted octanol–water partition coefficient (Wildman–Crippen LogP) is 2.75. The number of nitrogens with zero attached hydrogens (tertiary/aromatic N) is 3. The number of carbonyl (C=O) groups is 1. The molecule has 0 saturated carbocycles. The lowest BCUT2D eigenvalue weighted by Crippen LogP contribution is -2.19. The molecule has 1 amide bonds. The largest absolute Gasteiger partial charge is 0.497 e. The molecule has 0 aliphatic rings. The number of rotatable bonds is 7. The summed E-state index contributed by atoms with van der Waals surface area (Å²) in [5, 5.41) is 2.90. The van der Waals surface area contributed by atoms with E-state index < -0.39 is 0 Å². The van der Waals surface area contributed by atoms with E-state index in [0.717, 1.165) is 23.1 Å². The first kappa shape index (κ1) is 18.7. The summed E-state index contributed by atoms with van der Waals surface area (Å²) in [6.45, 7) is 0.943. The second kappa shape index (κ2) is 8.09. The van der Waals surface area contributed by atoms with Gasteiger partial charge in [0, 0.05) is 30.4 Å². The van der Waals surface area contributed by atoms with Crippen LogP contribution in [0.4, 0.5) is 5.69 Å². The number of hydrogen-bond donors (Lipinski definition) is 1. The first-order valence-corrected chi connectivity index (χ1v) is 8.60. The van der Waals surface area contributed by atoms with Gasteiger partial charge in [-0.2, -0.15) is 0 Å². The maximum absolute atomic E-state index is 12.6. The van der Waals surface area contributed by atoms with E-state index in [1.807, 2.05) is 30.8 Å². The van der Waals surface area contributed by atoms with Crippen molar-refractivity contribution in [2.24, 2.45) is 0 Å². The Morgan fingerprint density at radius 3 is 2.48 bits per heavy atom. The van der Waals surface area contributed by atoms with Gasteiger partial charge in [0.05, 0.1) is 31.6 Å². The zero-order chi connectivity index (χ0) is 19.4. The van der Waals surface area contributed by atoms with Gasteiger partial charge in [-0.3, -0.25) is 4.79 Å². The Morgan fingerprint density at radius 1 is 1.15 bits per heavy atom. The predicted molar refractivity (Wildman–Crippen MR) is 105 cm³/mol. The fraction of sp³-hybridized carbons (Fsp3) is 0.300. The SMILES string of the molecule is COc1cc(NC(=O)Cn2cnc3cccc(CN(C)C)c32)cc(OC)c1. The van der Waals surface area contributed by atoms with E-state index >= 15 is 0 Å². The highest BCUT2D eigenvalue weighted by Crippen LogP contribution is 2.26. The van der Waals surface area contributed by atoms with Gasteiger partial charge in [0.25, 0.3) is 0 Å². The molecule has 1 N–H and O–H groups in total. The molecule has 1 heterocycles. The summed E-state index contributed by atoms with van der Waals surface area (Å²) in [4.78, 5) is 19.1. The van der Waals surface area contributed by atoms with Crippen LogP contribution in [0.25, 0.3) is 11.0 Å². The molecule has 27 heavy (non-hydrogen) atoms. The Morgan fingerprint density at radius 2 is 1.85 bits per heavy atom. The van der Waals surface area contributed by atoms with Crippen molar-refractivity contribution >= 4 is 22.6 Å². The maximum atomic E-state index is 12.6. The third kappa shape index (κ3) is 4.38. The number of methoxy groups -OCH3 is 2. The number of ether oxygens (including phenoxy) is 2. The minimum atomic E-state index is -0.149. The van der Waals surface area contributed by atoms with Gasteiger partial charge in [-0.15, -0.1) is 0 Å². The summed E-state index contributed by atoms with van der Waals surface area (Å²) in [6.07, 6.45) is 1.70. The molecule has 0 radical (unpaired) electrons. The van der Waals surface area contributed by atoms with Crippen molar-refractivity contribution in [1.29, 1.82) is 0 Å². The molecule has 2 aromatic carbocycles. The second-order valence-electron chi connectivity index (χ2n) is 6.54. The number of anilines is 1. The van der Waals surface area contributed by atoms with E-state index in [4.69, 9.17) is 9.47 Å². The molecule has 0 saturated heterocycles. The average Bonchev–Trinajstić information content (AvgIpc) is 3.04. The number of para-hydroxylation sites is 1. The van der Waals surface area contributed by atoms with Gasteiger partial charge in [0.2, 0.25) is 5.91 Å². The van der Waals surface area contributed by atoms with Crippen LogP contribution in [-0.4, -0.2) is 48.7 Å². The summed E-state index contributed by atoms with van der Waals surface area (Å²) >= 11 is 0. The van der Waals surface area contributed by atoms with E-state index in [1.54, 1.807) is 38.7 Å². The maximum Gasteiger partial charge on any atom is 0.244 e. The highest BCUT2D eigenvalue weighted by atomic mass is 16.5. The molecular weight excluding hydrogens is 344 g/mol. The number of benzene rings is 2. The third-order valence-corrected chi connectivity index (χ3v) is 4.16. The Balaban J connectivity index is 1.82. The second-order valence-corrected chi connectivity index (χ2v) is 6.54. The molecule has 7 nitrogen and oxygen atoms in total. The number of amides is 1. The van der Waals surface area contributed by atoms with Crippen LogP contribution in [0.5, 0.6) is 11.5 Å². The molecule has 7 heteroatoms. The Hall–Kier alpha value is -3.06. The molecule has 1 aromatic heterocycles. The van der Waals surface area contributed by atoms with Crippen LogP contribution in [0.15, 0.2) is 42.7 Å². The molecule has 142 valence electrons. The molecule has 3 rings (SSSR count). The Kier molecular flexibility index (Phi) is 5.61. The number of carbonyl (C=O) groups excluding carboxylic acids is 1. The van der Waals surface area contributed by atoms with Crippen LogP contribution in [0.2, 0.25) is 0 Å². The third-order valence-electron chi connectivity index (χ3n) is 4.16. The van der Waals surface area contributed by atoms with Gasteiger partial charge in [0.1, 0.15) is 18.0 Å². The molecule has 0 spiro atoms. The summed E-state index contributed by atoms with van der Waals surface area (Å²) in [6, 6.07) is 11.3. The number of fused-ring (bicyclic) bond motifs is 1. The van der Waals surface area contributed by atoms with E-state index in [9.17, 15) is 4.79 Å². The van der Waals surface area contributed by atoms with E-state index in [2.05, 4.69) is 21.3 Å². The molecule has 0 fully saturated rings. The first-order chi connectivity index (χ1) is 13.0. The Labute approximate surface area is 158 Å². The van der Waals surface area contributed by atoms with Crippen molar-refractivity contribution in [3.8, 4) is 11.5 Å². The highest BCUT2D eigenvalue weighted by Gasteiger charge is 2.12. The van der Waals surface area contributed by atoms with Crippen molar-refractivity contribution < 1.29 is 14.3 Å². The van der Waals surface area contributed by atoms with Crippen molar-refractivity contribution in [3.63, 3.8) is 0 Å². The zero-order valence-corrected chi connectivity index (χ0v) is 16.0. The van der Waals surface area contributed by atoms with Gasteiger partial charge >= 0.3 is 0 Å².